The van der Waals surface area contributed by atoms with Crippen LogP contribution in [0.5, 0.6) is 0 Å². The molecule has 158 valence electrons. The molecule has 0 saturated carbocycles. The summed E-state index contributed by atoms with van der Waals surface area (Å²) in [5, 5.41) is 7.94. The molecular weight excluding hydrogens is 430 g/mol. The lowest BCUT2D eigenvalue weighted by Gasteiger charge is -2.51. The van der Waals surface area contributed by atoms with E-state index in [1.165, 1.54) is 17.0 Å². The molecule has 1 aromatic carbocycles. The van der Waals surface area contributed by atoms with E-state index in [-0.39, 0.29) is 28.7 Å². The predicted molar refractivity (Wildman–Crippen MR) is 115 cm³/mol. The lowest BCUT2D eigenvalue weighted by atomic mass is 9.81. The summed E-state index contributed by atoms with van der Waals surface area (Å²) in [5.74, 6) is -0.499. The molecule has 0 atom stereocenters. The van der Waals surface area contributed by atoms with E-state index in [1.54, 1.807) is 37.7 Å². The van der Waals surface area contributed by atoms with Crippen molar-refractivity contribution in [3.8, 4) is 0 Å². The second-order valence-corrected chi connectivity index (χ2v) is 9.17. The summed E-state index contributed by atoms with van der Waals surface area (Å²) < 4.78 is 22.1. The van der Waals surface area contributed by atoms with E-state index < -0.39 is 23.1 Å². The number of likely N-dealkylation sites (tertiary alicyclic amines) is 1. The van der Waals surface area contributed by atoms with Crippen LogP contribution in [0.25, 0.3) is 5.52 Å². The Balaban J connectivity index is 1.70. The Kier molecular flexibility index (Phi) is 5.06. The molecule has 1 N–H and O–H groups in total. The lowest BCUT2D eigenvalue weighted by Crippen LogP contribution is -2.66. The molecule has 2 aromatic heterocycles. The average Bonchev–Trinajstić information content (AvgIpc) is 3.08. The maximum atomic E-state index is 14.9. The van der Waals surface area contributed by atoms with Gasteiger partial charge in [-0.3, -0.25) is 0 Å². The van der Waals surface area contributed by atoms with E-state index in [0.717, 1.165) is 5.52 Å². The number of rotatable bonds is 3. The molecule has 6 nitrogen and oxygen atoms in total. The van der Waals surface area contributed by atoms with Crippen molar-refractivity contribution in [3.05, 3.63) is 64.2 Å². The largest absolute Gasteiger partial charge is 0.444 e. The van der Waals surface area contributed by atoms with Crippen LogP contribution < -0.4 is 5.32 Å². The first-order chi connectivity index (χ1) is 14.1. The van der Waals surface area contributed by atoms with E-state index in [9.17, 15) is 9.18 Å². The van der Waals surface area contributed by atoms with Gasteiger partial charge in [-0.15, -0.1) is 0 Å². The van der Waals surface area contributed by atoms with Crippen LogP contribution in [-0.4, -0.2) is 39.3 Å². The SMILES string of the molecule is CC(C)(C)OC(=O)N1CC(Nc2ccc3ccnn3c2)(c2c(F)ccc(Cl)c2Cl)C1. The van der Waals surface area contributed by atoms with Crippen LogP contribution in [-0.2, 0) is 10.3 Å². The third-order valence-electron chi connectivity index (χ3n) is 4.88. The quantitative estimate of drug-likeness (QED) is 0.547. The number of ether oxygens (including phenoxy) is 1. The first kappa shape index (κ1) is 20.8. The predicted octanol–water partition coefficient (Wildman–Crippen LogP) is 5.34. The summed E-state index contributed by atoms with van der Waals surface area (Å²) in [6, 6.07) is 8.32. The highest BCUT2D eigenvalue weighted by Crippen LogP contribution is 2.43. The first-order valence-corrected chi connectivity index (χ1v) is 10.2. The topological polar surface area (TPSA) is 58.9 Å². The van der Waals surface area contributed by atoms with E-state index in [2.05, 4.69) is 10.4 Å². The number of carbonyl (C=O) groups is 1. The van der Waals surface area contributed by atoms with Crippen molar-refractivity contribution in [2.75, 3.05) is 18.4 Å². The van der Waals surface area contributed by atoms with Crippen molar-refractivity contribution in [1.29, 1.82) is 0 Å². The van der Waals surface area contributed by atoms with Gasteiger partial charge in [-0.2, -0.15) is 5.10 Å². The minimum absolute atomic E-state index is 0.119. The van der Waals surface area contributed by atoms with Crippen LogP contribution in [0.15, 0.2) is 42.7 Å². The molecular formula is C21H21Cl2FN4O2. The number of hydrogen-bond acceptors (Lipinski definition) is 4. The van der Waals surface area contributed by atoms with Gasteiger partial charge in [0, 0.05) is 11.8 Å². The number of benzene rings is 1. The van der Waals surface area contributed by atoms with Crippen molar-refractivity contribution >= 4 is 40.5 Å². The standard InChI is InChI=1S/C21H21Cl2FN4O2/c1-20(2,3)30-19(29)27-11-21(12-27,17-16(24)7-6-15(22)18(17)23)26-13-4-5-14-8-9-25-28(14)10-13/h4-10,26H,11-12H2,1-3H3. The Morgan fingerprint density at radius 2 is 1.93 bits per heavy atom. The normalized spacial score (nSPS) is 15.7. The highest BCUT2D eigenvalue weighted by atomic mass is 35.5. The number of nitrogens with zero attached hydrogens (tertiary/aromatic N) is 3. The number of anilines is 1. The molecule has 0 bridgehead atoms. The van der Waals surface area contributed by atoms with Gasteiger partial charge in [0.2, 0.25) is 0 Å². The minimum Gasteiger partial charge on any atom is -0.444 e. The van der Waals surface area contributed by atoms with Gasteiger partial charge in [0.15, 0.2) is 0 Å². The monoisotopic (exact) mass is 450 g/mol. The zero-order chi connectivity index (χ0) is 21.7. The van der Waals surface area contributed by atoms with Gasteiger partial charge in [0.05, 0.1) is 40.5 Å². The van der Waals surface area contributed by atoms with Gasteiger partial charge in [-0.1, -0.05) is 23.2 Å². The molecule has 1 saturated heterocycles. The molecule has 0 spiro atoms. The number of nitrogens with one attached hydrogen (secondary N) is 1. The molecule has 1 fully saturated rings. The molecule has 1 aliphatic heterocycles. The number of pyridine rings is 1. The van der Waals surface area contributed by atoms with Crippen LogP contribution in [0.1, 0.15) is 26.3 Å². The first-order valence-electron chi connectivity index (χ1n) is 9.41. The van der Waals surface area contributed by atoms with Gasteiger partial charge in [-0.25, -0.2) is 13.7 Å². The number of fused-ring (bicyclic) bond motifs is 1. The van der Waals surface area contributed by atoms with E-state index in [4.69, 9.17) is 27.9 Å². The van der Waals surface area contributed by atoms with Crippen LogP contribution in [0.4, 0.5) is 14.9 Å². The molecule has 30 heavy (non-hydrogen) atoms. The molecule has 3 aromatic rings. The van der Waals surface area contributed by atoms with E-state index in [1.807, 2.05) is 18.2 Å². The van der Waals surface area contributed by atoms with Crippen molar-refractivity contribution in [2.45, 2.75) is 31.9 Å². The summed E-state index contributed by atoms with van der Waals surface area (Å²) in [4.78, 5) is 14.0. The van der Waals surface area contributed by atoms with Gasteiger partial charge in [0.25, 0.3) is 0 Å². The van der Waals surface area contributed by atoms with Crippen molar-refractivity contribution in [1.82, 2.24) is 14.5 Å². The Morgan fingerprint density at radius 3 is 2.63 bits per heavy atom. The molecule has 0 unspecified atom stereocenters. The fourth-order valence-electron chi connectivity index (χ4n) is 3.59. The van der Waals surface area contributed by atoms with Crippen LogP contribution in [0, 0.1) is 5.82 Å². The maximum absolute atomic E-state index is 14.9. The van der Waals surface area contributed by atoms with Crippen molar-refractivity contribution < 1.29 is 13.9 Å². The zero-order valence-electron chi connectivity index (χ0n) is 16.7. The Bertz CT molecular complexity index is 1120. The number of carbonyl (C=O) groups excluding carboxylic acids is 1. The number of aromatic nitrogens is 2. The number of hydrogen-bond donors (Lipinski definition) is 1. The smallest absolute Gasteiger partial charge is 0.410 e. The molecule has 3 heterocycles. The Morgan fingerprint density at radius 1 is 1.20 bits per heavy atom. The third-order valence-corrected chi connectivity index (χ3v) is 5.68. The molecule has 0 radical (unpaired) electrons. The third kappa shape index (κ3) is 3.79. The van der Waals surface area contributed by atoms with E-state index in [0.29, 0.717) is 5.69 Å². The van der Waals surface area contributed by atoms with Crippen LogP contribution in [0.3, 0.4) is 0 Å². The molecule has 9 heteroatoms. The van der Waals surface area contributed by atoms with Crippen LogP contribution >= 0.6 is 23.2 Å². The molecule has 0 aliphatic carbocycles. The molecule has 1 amide bonds. The molecule has 1 aliphatic rings. The lowest BCUT2D eigenvalue weighted by molar-refractivity contribution is -0.00535. The summed E-state index contributed by atoms with van der Waals surface area (Å²) in [6.45, 7) is 5.71. The molecule has 4 rings (SSSR count). The van der Waals surface area contributed by atoms with Gasteiger partial charge >= 0.3 is 6.09 Å². The second-order valence-electron chi connectivity index (χ2n) is 8.38. The summed E-state index contributed by atoms with van der Waals surface area (Å²) in [5.41, 5.74) is 0.240. The van der Waals surface area contributed by atoms with Crippen LogP contribution in [0.2, 0.25) is 10.0 Å². The Hall–Kier alpha value is -2.51. The number of halogens is 3. The highest BCUT2D eigenvalue weighted by Gasteiger charge is 2.50. The zero-order valence-corrected chi connectivity index (χ0v) is 18.3. The summed E-state index contributed by atoms with van der Waals surface area (Å²) in [7, 11) is 0. The fraction of sp³-hybridized carbons (Fsp3) is 0.333. The van der Waals surface area contributed by atoms with Crippen molar-refractivity contribution in [2.24, 2.45) is 0 Å². The highest BCUT2D eigenvalue weighted by molar-refractivity contribution is 6.42. The van der Waals surface area contributed by atoms with Gasteiger partial charge < -0.3 is 15.0 Å². The fourth-order valence-corrected chi connectivity index (χ4v) is 4.08. The summed E-state index contributed by atoms with van der Waals surface area (Å²) >= 11 is 12.6. The summed E-state index contributed by atoms with van der Waals surface area (Å²) in [6.07, 6.45) is 3.01. The van der Waals surface area contributed by atoms with Gasteiger partial charge in [-0.05, 0) is 51.1 Å². The Labute approximate surface area is 183 Å². The van der Waals surface area contributed by atoms with E-state index >= 15 is 0 Å². The average molecular weight is 451 g/mol. The van der Waals surface area contributed by atoms with Gasteiger partial charge in [0.1, 0.15) is 17.0 Å². The second kappa shape index (κ2) is 7.32. The van der Waals surface area contributed by atoms with Crippen molar-refractivity contribution in [3.63, 3.8) is 0 Å². The number of amides is 1. The minimum atomic E-state index is -0.968. The maximum Gasteiger partial charge on any atom is 0.410 e.